The Hall–Kier alpha value is -1.77. The van der Waals surface area contributed by atoms with E-state index in [1.54, 1.807) is 20.8 Å². The summed E-state index contributed by atoms with van der Waals surface area (Å²) in [7, 11) is 0. The van der Waals surface area contributed by atoms with E-state index in [1.807, 2.05) is 6.92 Å². The minimum Gasteiger partial charge on any atom is -0.451 e. The molecule has 0 aliphatic heterocycles. The van der Waals surface area contributed by atoms with Gasteiger partial charge in [0.1, 0.15) is 11.6 Å². The van der Waals surface area contributed by atoms with Crippen molar-refractivity contribution >= 4 is 12.1 Å². The smallest absolute Gasteiger partial charge is 0.425 e. The first-order chi connectivity index (χ1) is 19.7. The molecular formula is C34H54F3NO5. The third-order valence-corrected chi connectivity index (χ3v) is 11.7. The monoisotopic (exact) mass is 613 g/mol. The number of allylic oxidation sites excluding steroid dienone is 1. The first kappa shape index (κ1) is 34.1. The summed E-state index contributed by atoms with van der Waals surface area (Å²) in [6.07, 6.45) is 2.57. The van der Waals surface area contributed by atoms with E-state index in [-0.39, 0.29) is 23.2 Å². The summed E-state index contributed by atoms with van der Waals surface area (Å²) in [6.45, 7) is 15.0. The Balaban J connectivity index is 1.38. The molecule has 3 saturated carbocycles. The SMILES string of the molecule is C[C@H](NC(=O)OC(C)(C)C)C(=O)O[C@H](CC[C@@H](C)[C@H]1CC[C@H]2[C@@H]3CC=C4C[C@@](C)(O)CC[C@]4(C)[C@H]3CC[C@]12C)C(F)(F)F. The fraction of sp³-hybridized carbons (Fsp3) is 0.882. The van der Waals surface area contributed by atoms with Crippen molar-refractivity contribution in [3.63, 3.8) is 0 Å². The zero-order valence-corrected chi connectivity index (χ0v) is 27.4. The van der Waals surface area contributed by atoms with Crippen molar-refractivity contribution in [2.24, 2.45) is 40.4 Å². The lowest BCUT2D eigenvalue weighted by atomic mass is 9.46. The topological polar surface area (TPSA) is 84.9 Å². The van der Waals surface area contributed by atoms with Crippen molar-refractivity contribution in [2.75, 3.05) is 0 Å². The Morgan fingerprint density at radius 1 is 1.02 bits per heavy atom. The summed E-state index contributed by atoms with van der Waals surface area (Å²) >= 11 is 0. The number of ether oxygens (including phenoxy) is 2. The van der Waals surface area contributed by atoms with Gasteiger partial charge in [0, 0.05) is 0 Å². The predicted octanol–water partition coefficient (Wildman–Crippen LogP) is 8.12. The molecule has 0 aromatic heterocycles. The Bertz CT molecular complexity index is 1080. The molecule has 6 nitrogen and oxygen atoms in total. The van der Waals surface area contributed by atoms with E-state index in [0.717, 1.165) is 51.4 Å². The highest BCUT2D eigenvalue weighted by Gasteiger charge is 2.59. The largest absolute Gasteiger partial charge is 0.451 e. The van der Waals surface area contributed by atoms with Crippen LogP contribution in [0.5, 0.6) is 0 Å². The van der Waals surface area contributed by atoms with Crippen LogP contribution in [0.2, 0.25) is 0 Å². The quantitative estimate of drug-likeness (QED) is 0.224. The number of alkyl halides is 3. The number of nitrogens with one attached hydrogen (secondary N) is 1. The van der Waals surface area contributed by atoms with E-state index in [1.165, 1.54) is 12.5 Å². The number of carbonyl (C=O) groups is 2. The van der Waals surface area contributed by atoms with Gasteiger partial charge in [-0.05, 0) is 139 Å². The van der Waals surface area contributed by atoms with Gasteiger partial charge in [-0.15, -0.1) is 0 Å². The Kier molecular flexibility index (Phi) is 9.41. The van der Waals surface area contributed by atoms with Gasteiger partial charge in [-0.3, -0.25) is 0 Å². The summed E-state index contributed by atoms with van der Waals surface area (Å²) in [5.41, 5.74) is 0.221. The Labute approximate surface area is 255 Å². The van der Waals surface area contributed by atoms with E-state index >= 15 is 0 Å². The highest BCUT2D eigenvalue weighted by atomic mass is 19.4. The standard InChI is InChI=1S/C34H54F3NO5/c1-20(9-14-27(34(35,36)37)42-28(39)21(2)38-29(40)43-30(3,4)5)24-12-13-25-23-11-10-22-19-31(6,41)17-18-32(22,7)26(23)15-16-33(24,25)8/h10,20-21,23-27,41H,9,11-19H2,1-8H3,(H,38,40)/t20-,21+,23+,24-,25+,26+,27-,31+,32+,33-/m1/s1. The molecule has 246 valence electrons. The fourth-order valence-electron chi connectivity index (χ4n) is 9.47. The van der Waals surface area contributed by atoms with Crippen molar-refractivity contribution in [3.05, 3.63) is 11.6 Å². The number of amides is 1. The average Bonchev–Trinajstić information content (AvgIpc) is 3.22. The van der Waals surface area contributed by atoms with Crippen LogP contribution in [0.4, 0.5) is 18.0 Å². The number of halogens is 3. The van der Waals surface area contributed by atoms with Crippen LogP contribution < -0.4 is 5.32 Å². The maximum atomic E-state index is 14.0. The molecule has 0 aromatic carbocycles. The van der Waals surface area contributed by atoms with Crippen molar-refractivity contribution < 1.29 is 37.3 Å². The molecule has 0 saturated heterocycles. The van der Waals surface area contributed by atoms with Crippen molar-refractivity contribution in [2.45, 2.75) is 149 Å². The lowest BCUT2D eigenvalue weighted by molar-refractivity contribution is -0.224. The number of fused-ring (bicyclic) bond motifs is 5. The van der Waals surface area contributed by atoms with Gasteiger partial charge in [0.05, 0.1) is 5.60 Å². The van der Waals surface area contributed by atoms with Crippen LogP contribution in [0.3, 0.4) is 0 Å². The minimum atomic E-state index is -4.70. The molecular weight excluding hydrogens is 559 g/mol. The highest BCUT2D eigenvalue weighted by molar-refractivity contribution is 5.81. The second kappa shape index (κ2) is 11.9. The Morgan fingerprint density at radius 3 is 2.33 bits per heavy atom. The average molecular weight is 614 g/mol. The second-order valence-electron chi connectivity index (χ2n) is 16.1. The third-order valence-electron chi connectivity index (χ3n) is 11.7. The van der Waals surface area contributed by atoms with E-state index in [4.69, 9.17) is 9.47 Å². The summed E-state index contributed by atoms with van der Waals surface area (Å²) in [4.78, 5) is 24.5. The molecule has 9 heteroatoms. The number of rotatable bonds is 7. The molecule has 0 radical (unpaired) electrons. The van der Waals surface area contributed by atoms with Crippen LogP contribution in [0, 0.1) is 40.4 Å². The predicted molar refractivity (Wildman–Crippen MR) is 159 cm³/mol. The van der Waals surface area contributed by atoms with Gasteiger partial charge in [0.2, 0.25) is 0 Å². The van der Waals surface area contributed by atoms with Crippen LogP contribution in [0.15, 0.2) is 11.6 Å². The van der Waals surface area contributed by atoms with Crippen molar-refractivity contribution in [1.82, 2.24) is 5.32 Å². The van der Waals surface area contributed by atoms with Crippen molar-refractivity contribution in [1.29, 1.82) is 0 Å². The van der Waals surface area contributed by atoms with Crippen LogP contribution in [0.25, 0.3) is 0 Å². The number of hydrogen-bond donors (Lipinski definition) is 2. The van der Waals surface area contributed by atoms with E-state index in [0.29, 0.717) is 30.1 Å². The normalized spacial score (nSPS) is 38.0. The van der Waals surface area contributed by atoms with Crippen LogP contribution in [-0.2, 0) is 14.3 Å². The molecule has 0 unspecified atom stereocenters. The van der Waals surface area contributed by atoms with Crippen LogP contribution in [-0.4, -0.2) is 46.7 Å². The zero-order chi connectivity index (χ0) is 32.2. The molecule has 0 spiro atoms. The molecule has 10 atom stereocenters. The van der Waals surface area contributed by atoms with Gasteiger partial charge < -0.3 is 19.9 Å². The minimum absolute atomic E-state index is 0.0578. The number of aliphatic hydroxyl groups is 1. The molecule has 0 aromatic rings. The molecule has 0 bridgehead atoms. The van der Waals surface area contributed by atoms with Gasteiger partial charge in [-0.2, -0.15) is 13.2 Å². The van der Waals surface area contributed by atoms with E-state index in [9.17, 15) is 27.9 Å². The molecule has 4 rings (SSSR count). The van der Waals surface area contributed by atoms with E-state index < -0.39 is 41.6 Å². The zero-order valence-electron chi connectivity index (χ0n) is 27.4. The number of carbonyl (C=O) groups excluding carboxylic acids is 2. The molecule has 43 heavy (non-hydrogen) atoms. The van der Waals surface area contributed by atoms with Crippen molar-refractivity contribution in [3.8, 4) is 0 Å². The van der Waals surface area contributed by atoms with Gasteiger partial charge in [-0.1, -0.05) is 32.4 Å². The first-order valence-electron chi connectivity index (χ1n) is 16.3. The molecule has 0 heterocycles. The summed E-state index contributed by atoms with van der Waals surface area (Å²) in [6, 6.07) is -1.27. The molecule has 4 aliphatic rings. The summed E-state index contributed by atoms with van der Waals surface area (Å²) in [5, 5.41) is 13.0. The Morgan fingerprint density at radius 2 is 1.70 bits per heavy atom. The number of hydrogen-bond acceptors (Lipinski definition) is 5. The third kappa shape index (κ3) is 7.22. The maximum Gasteiger partial charge on any atom is 0.425 e. The molecule has 4 aliphatic carbocycles. The van der Waals surface area contributed by atoms with Gasteiger partial charge in [0.15, 0.2) is 6.10 Å². The molecule has 3 fully saturated rings. The van der Waals surface area contributed by atoms with Gasteiger partial charge >= 0.3 is 18.2 Å². The lowest BCUT2D eigenvalue weighted by Crippen LogP contribution is -2.52. The van der Waals surface area contributed by atoms with Gasteiger partial charge in [-0.25, -0.2) is 9.59 Å². The van der Waals surface area contributed by atoms with Crippen LogP contribution >= 0.6 is 0 Å². The fourth-order valence-corrected chi connectivity index (χ4v) is 9.47. The first-order valence-corrected chi connectivity index (χ1v) is 16.3. The summed E-state index contributed by atoms with van der Waals surface area (Å²) in [5.74, 6) is 0.974. The maximum absolute atomic E-state index is 14.0. The lowest BCUT2D eigenvalue weighted by Gasteiger charge is -2.59. The van der Waals surface area contributed by atoms with Gasteiger partial charge in [0.25, 0.3) is 0 Å². The second-order valence-corrected chi connectivity index (χ2v) is 16.1. The highest BCUT2D eigenvalue weighted by Crippen LogP contribution is 2.67. The van der Waals surface area contributed by atoms with Crippen LogP contribution in [0.1, 0.15) is 120 Å². The molecule has 1 amide bonds. The van der Waals surface area contributed by atoms with E-state index in [2.05, 4.69) is 32.2 Å². The number of esters is 1. The summed E-state index contributed by atoms with van der Waals surface area (Å²) < 4.78 is 52.0. The number of alkyl carbamates (subject to hydrolysis) is 1. The molecule has 2 N–H and O–H groups in total.